The van der Waals surface area contributed by atoms with Crippen LogP contribution in [0.4, 0.5) is 13.2 Å². The molecular weight excluding hydrogens is 487 g/mol. The van der Waals surface area contributed by atoms with Crippen LogP contribution in [0.3, 0.4) is 0 Å². The molecule has 4 aromatic rings. The van der Waals surface area contributed by atoms with Crippen LogP contribution in [-0.4, -0.2) is 25.2 Å². The van der Waals surface area contributed by atoms with Gasteiger partial charge >= 0.3 is 12.1 Å². The van der Waals surface area contributed by atoms with Crippen molar-refractivity contribution in [1.82, 2.24) is 5.32 Å². The molecule has 6 heteroatoms. The molecule has 196 valence electrons. The molecule has 0 amide bonds. The Bertz CT molecular complexity index is 1440. The number of hydrogen-bond acceptors (Lipinski definition) is 3. The molecule has 0 bridgehead atoms. The third-order valence-corrected chi connectivity index (χ3v) is 7.33. The van der Waals surface area contributed by atoms with E-state index in [0.717, 1.165) is 59.0 Å². The van der Waals surface area contributed by atoms with Gasteiger partial charge in [0.1, 0.15) is 0 Å². The number of alkyl halides is 3. The molecule has 1 N–H and O–H groups in total. The van der Waals surface area contributed by atoms with Crippen LogP contribution in [0.5, 0.6) is 0 Å². The molecule has 5 rings (SSSR count). The van der Waals surface area contributed by atoms with Gasteiger partial charge in [0.05, 0.1) is 17.7 Å². The number of ether oxygens (including phenoxy) is 1. The molecule has 3 nitrogen and oxygen atoms in total. The molecule has 0 radical (unpaired) electrons. The van der Waals surface area contributed by atoms with E-state index in [1.54, 1.807) is 13.0 Å². The van der Waals surface area contributed by atoms with E-state index in [-0.39, 0.29) is 6.61 Å². The average Bonchev–Trinajstić information content (AvgIpc) is 2.92. The van der Waals surface area contributed by atoms with Crippen LogP contribution in [0.1, 0.15) is 54.1 Å². The summed E-state index contributed by atoms with van der Waals surface area (Å²) in [6.45, 7) is 5.26. The minimum absolute atomic E-state index is 0.265. The fraction of sp³-hybridized carbons (Fsp3) is 0.281. The van der Waals surface area contributed by atoms with Gasteiger partial charge < -0.3 is 10.1 Å². The Balaban J connectivity index is 1.55. The van der Waals surface area contributed by atoms with Crippen molar-refractivity contribution in [3.63, 3.8) is 0 Å². The van der Waals surface area contributed by atoms with Gasteiger partial charge in [0.2, 0.25) is 0 Å². The molecule has 0 spiro atoms. The SMILES string of the molecule is CCOC(=O)c1cc(-c2ccc(C3CCNC(C)C3)cc2)c2ccc(-c3ccc(C(F)(F)F)cc3)cc2c1. The van der Waals surface area contributed by atoms with Gasteiger partial charge in [-0.3, -0.25) is 0 Å². The average molecular weight is 518 g/mol. The standard InChI is InChI=1S/C32H30F3NO2/c1-3-38-31(37)27-18-26-17-24(22-8-11-28(12-9-22)32(33,34)35)10-13-29(26)30(19-27)23-6-4-21(5-7-23)25-14-15-36-20(2)16-25/h4-13,17-20,25,36H,3,14-16H2,1-2H3. The maximum absolute atomic E-state index is 13.0. The van der Waals surface area contributed by atoms with Crippen molar-refractivity contribution in [2.45, 2.75) is 44.8 Å². The number of carbonyl (C=O) groups is 1. The van der Waals surface area contributed by atoms with Crippen LogP contribution in [-0.2, 0) is 10.9 Å². The van der Waals surface area contributed by atoms with Crippen molar-refractivity contribution in [2.24, 2.45) is 0 Å². The summed E-state index contributed by atoms with van der Waals surface area (Å²) in [5.74, 6) is 0.116. The van der Waals surface area contributed by atoms with Gasteiger partial charge in [-0.25, -0.2) is 4.79 Å². The van der Waals surface area contributed by atoms with E-state index >= 15 is 0 Å². The molecule has 1 saturated heterocycles. The van der Waals surface area contributed by atoms with Crippen molar-refractivity contribution >= 4 is 16.7 Å². The number of rotatable bonds is 5. The van der Waals surface area contributed by atoms with E-state index in [1.807, 2.05) is 24.3 Å². The fourth-order valence-electron chi connectivity index (χ4n) is 5.34. The summed E-state index contributed by atoms with van der Waals surface area (Å²) in [7, 11) is 0. The van der Waals surface area contributed by atoms with Gasteiger partial charge in [0.15, 0.2) is 0 Å². The third-order valence-electron chi connectivity index (χ3n) is 7.33. The summed E-state index contributed by atoms with van der Waals surface area (Å²) >= 11 is 0. The Morgan fingerprint density at radius 1 is 0.921 bits per heavy atom. The Morgan fingerprint density at radius 2 is 1.61 bits per heavy atom. The number of fused-ring (bicyclic) bond motifs is 1. The highest BCUT2D eigenvalue weighted by atomic mass is 19.4. The van der Waals surface area contributed by atoms with Crippen LogP contribution in [0.2, 0.25) is 0 Å². The predicted octanol–water partition coefficient (Wildman–Crippen LogP) is 8.22. The van der Waals surface area contributed by atoms with Crippen molar-refractivity contribution in [3.8, 4) is 22.3 Å². The fourth-order valence-corrected chi connectivity index (χ4v) is 5.34. The van der Waals surface area contributed by atoms with Crippen LogP contribution in [0.25, 0.3) is 33.0 Å². The molecule has 1 aliphatic heterocycles. The van der Waals surface area contributed by atoms with Crippen molar-refractivity contribution in [3.05, 3.63) is 95.6 Å². The number of halogens is 3. The topological polar surface area (TPSA) is 38.3 Å². The molecule has 0 saturated carbocycles. The summed E-state index contributed by atoms with van der Waals surface area (Å²) in [6.07, 6.45) is -2.17. The Morgan fingerprint density at radius 3 is 2.26 bits per heavy atom. The predicted molar refractivity (Wildman–Crippen MR) is 145 cm³/mol. The molecular formula is C32H30F3NO2. The summed E-state index contributed by atoms with van der Waals surface area (Å²) < 4.78 is 44.3. The van der Waals surface area contributed by atoms with E-state index < -0.39 is 17.7 Å². The molecule has 1 heterocycles. The highest BCUT2D eigenvalue weighted by molar-refractivity contribution is 6.04. The van der Waals surface area contributed by atoms with Gasteiger partial charge in [-0.1, -0.05) is 48.5 Å². The molecule has 0 aliphatic carbocycles. The van der Waals surface area contributed by atoms with E-state index in [9.17, 15) is 18.0 Å². The van der Waals surface area contributed by atoms with E-state index in [0.29, 0.717) is 23.1 Å². The number of nitrogens with one attached hydrogen (secondary N) is 1. The number of piperidine rings is 1. The summed E-state index contributed by atoms with van der Waals surface area (Å²) in [4.78, 5) is 12.7. The number of carbonyl (C=O) groups excluding carboxylic acids is 1. The van der Waals surface area contributed by atoms with Crippen LogP contribution in [0, 0.1) is 0 Å². The smallest absolute Gasteiger partial charge is 0.416 e. The molecule has 1 fully saturated rings. The van der Waals surface area contributed by atoms with Crippen LogP contribution >= 0.6 is 0 Å². The van der Waals surface area contributed by atoms with Gasteiger partial charge in [-0.05, 0) is 108 Å². The quantitative estimate of drug-likeness (QED) is 0.271. The monoisotopic (exact) mass is 517 g/mol. The second-order valence-electron chi connectivity index (χ2n) is 9.95. The van der Waals surface area contributed by atoms with Crippen molar-refractivity contribution < 1.29 is 22.7 Å². The van der Waals surface area contributed by atoms with E-state index in [2.05, 4.69) is 36.5 Å². The van der Waals surface area contributed by atoms with Gasteiger partial charge in [-0.15, -0.1) is 0 Å². The van der Waals surface area contributed by atoms with Crippen molar-refractivity contribution in [1.29, 1.82) is 0 Å². The number of benzene rings is 4. The van der Waals surface area contributed by atoms with E-state index in [1.165, 1.54) is 17.7 Å². The molecule has 2 unspecified atom stereocenters. The largest absolute Gasteiger partial charge is 0.462 e. The third kappa shape index (κ3) is 5.46. The highest BCUT2D eigenvalue weighted by Gasteiger charge is 2.30. The lowest BCUT2D eigenvalue weighted by molar-refractivity contribution is -0.137. The van der Waals surface area contributed by atoms with Crippen LogP contribution in [0.15, 0.2) is 78.9 Å². The first-order chi connectivity index (χ1) is 18.2. The first kappa shape index (κ1) is 26.0. The molecule has 4 aromatic carbocycles. The zero-order valence-corrected chi connectivity index (χ0v) is 21.4. The van der Waals surface area contributed by atoms with Crippen LogP contribution < -0.4 is 5.32 Å². The molecule has 0 aromatic heterocycles. The summed E-state index contributed by atoms with van der Waals surface area (Å²) in [5, 5.41) is 5.27. The number of esters is 1. The zero-order chi connectivity index (χ0) is 26.9. The minimum Gasteiger partial charge on any atom is -0.462 e. The minimum atomic E-state index is -4.38. The summed E-state index contributed by atoms with van der Waals surface area (Å²) in [5.41, 5.74) is 4.42. The molecule has 38 heavy (non-hydrogen) atoms. The maximum atomic E-state index is 13.0. The van der Waals surface area contributed by atoms with Crippen molar-refractivity contribution in [2.75, 3.05) is 13.2 Å². The van der Waals surface area contributed by atoms with Gasteiger partial charge in [0.25, 0.3) is 0 Å². The lowest BCUT2D eigenvalue weighted by Gasteiger charge is -2.28. The maximum Gasteiger partial charge on any atom is 0.416 e. The molecule has 2 atom stereocenters. The normalized spacial score (nSPS) is 17.9. The second-order valence-corrected chi connectivity index (χ2v) is 9.95. The first-order valence-electron chi connectivity index (χ1n) is 13.0. The Labute approximate surface area is 220 Å². The van der Waals surface area contributed by atoms with Gasteiger partial charge in [0, 0.05) is 6.04 Å². The lowest BCUT2D eigenvalue weighted by Crippen LogP contribution is -2.34. The number of hydrogen-bond donors (Lipinski definition) is 1. The van der Waals surface area contributed by atoms with E-state index in [4.69, 9.17) is 4.74 Å². The second kappa shape index (κ2) is 10.6. The highest BCUT2D eigenvalue weighted by Crippen LogP contribution is 2.36. The van der Waals surface area contributed by atoms with Gasteiger partial charge in [-0.2, -0.15) is 13.2 Å². The Kier molecular flexibility index (Phi) is 7.26. The lowest BCUT2D eigenvalue weighted by atomic mass is 9.86. The summed E-state index contributed by atoms with van der Waals surface area (Å²) in [6, 6.07) is 23.6. The first-order valence-corrected chi connectivity index (χ1v) is 13.0. The molecule has 1 aliphatic rings. The zero-order valence-electron chi connectivity index (χ0n) is 21.4. The Hall–Kier alpha value is -3.64.